The quantitative estimate of drug-likeness (QED) is 0.106. The second kappa shape index (κ2) is 28.1. The number of hydrogen-bond acceptors (Lipinski definition) is 0. The van der Waals surface area contributed by atoms with Crippen molar-refractivity contribution in [2.75, 3.05) is 0 Å². The molecule has 0 aliphatic carbocycles. The second-order valence-corrected chi connectivity index (χ2v) is 22.4. The Morgan fingerprint density at radius 2 is 0.600 bits per heavy atom. The Kier molecular flexibility index (Phi) is 20.0. The van der Waals surface area contributed by atoms with Gasteiger partial charge < -0.3 is 0 Å². The van der Waals surface area contributed by atoms with Crippen LogP contribution in [0.1, 0.15) is 27.8 Å². The number of nitrogens with zero attached hydrogens (tertiary/aromatic N) is 5. The van der Waals surface area contributed by atoms with Crippen LogP contribution >= 0.6 is 0 Å². The standard InChI is InChI=1S/5C16H11N.5W/c5*1-2-6-13-10-17-11-14-7-3-4-8-15(14)16(17)9-12(13)5-1;;;;;/h2-10H,11H2;1,3-10H,11H2;1-4,6-10H,11H2;1-5,7-10H,11H2;1-6,8-10H,11H2;;;;;. The maximum absolute atomic E-state index is 3.33. The molecule has 0 N–H and O–H groups in total. The number of hydrogen-bond donors (Lipinski definition) is 0. The average Bonchev–Trinajstić information content (AvgIpc) is 1.69. The summed E-state index contributed by atoms with van der Waals surface area (Å²) < 4.78 is 11.6. The molecular formula is C80H55N5W5. The largest absolute Gasteiger partial charge is 0.235 e. The fourth-order valence-electron chi connectivity index (χ4n) is 13.1. The molecule has 0 unspecified atom stereocenters. The Labute approximate surface area is 596 Å². The number of aromatic nitrogens is 5. The molecule has 0 saturated heterocycles. The van der Waals surface area contributed by atoms with Crippen LogP contribution in [0.15, 0.2) is 274 Å². The van der Waals surface area contributed by atoms with E-state index in [2.05, 4.69) is 278 Å². The molecule has 0 fully saturated rings. The summed E-state index contributed by atoms with van der Waals surface area (Å²) in [5, 5.41) is 12.6. The fourth-order valence-corrected chi connectivity index (χ4v) is 13.1. The number of benzene rings is 10. The zero-order chi connectivity index (χ0) is 56.2. The number of fused-ring (bicyclic) bond motifs is 20. The summed E-state index contributed by atoms with van der Waals surface area (Å²) in [7, 11) is 0. The van der Waals surface area contributed by atoms with Crippen molar-refractivity contribution < 1.29 is 128 Å². The molecule has 430 valence electrons. The maximum atomic E-state index is 3.33. The molecule has 15 aromatic rings. The minimum absolute atomic E-state index is 0. The van der Waals surface area contributed by atoms with Gasteiger partial charge in [0.05, 0.1) is 22.9 Å². The molecule has 5 aliphatic heterocycles. The van der Waals surface area contributed by atoms with Crippen molar-refractivity contribution >= 4 is 53.9 Å². The van der Waals surface area contributed by atoms with E-state index in [-0.39, 0.29) is 105 Å². The van der Waals surface area contributed by atoms with Crippen molar-refractivity contribution in [3.05, 3.63) is 332 Å². The van der Waals surface area contributed by atoms with Gasteiger partial charge in [-0.05, 0) is 59.3 Å². The van der Waals surface area contributed by atoms with E-state index < -0.39 is 0 Å². The Morgan fingerprint density at radius 3 is 1.19 bits per heavy atom. The first-order valence-corrected chi connectivity index (χ1v) is 29.2. The predicted octanol–water partition coefficient (Wildman–Crippen LogP) is 14.8. The van der Waals surface area contributed by atoms with Crippen LogP contribution in [-0.4, -0.2) is 0 Å². The van der Waals surface area contributed by atoms with Crippen molar-refractivity contribution in [2.45, 2.75) is 32.7 Å². The second-order valence-electron chi connectivity index (χ2n) is 22.4. The van der Waals surface area contributed by atoms with Gasteiger partial charge in [-0.25, -0.2) is 18.3 Å². The maximum Gasteiger partial charge on any atom is 0.210 e. The van der Waals surface area contributed by atoms with Gasteiger partial charge in [0.15, 0.2) is 62.2 Å². The van der Waals surface area contributed by atoms with Gasteiger partial charge in [0.2, 0.25) is 11.4 Å². The molecule has 0 saturated carbocycles. The van der Waals surface area contributed by atoms with Crippen molar-refractivity contribution in [3.63, 3.8) is 0 Å². The van der Waals surface area contributed by atoms with E-state index in [0.717, 1.165) is 32.7 Å². The number of rotatable bonds is 0. The van der Waals surface area contributed by atoms with Crippen molar-refractivity contribution in [1.82, 2.24) is 0 Å². The van der Waals surface area contributed by atoms with E-state index in [1.807, 2.05) is 48.5 Å². The summed E-state index contributed by atoms with van der Waals surface area (Å²) in [5.41, 5.74) is 20.2. The molecule has 0 bridgehead atoms. The summed E-state index contributed by atoms with van der Waals surface area (Å²) in [6.07, 6.45) is 11.1. The number of pyridine rings is 5. The third kappa shape index (κ3) is 12.5. The first-order valence-electron chi connectivity index (χ1n) is 29.2. The average molecular weight is 2010 g/mol. The molecule has 90 heavy (non-hydrogen) atoms. The van der Waals surface area contributed by atoms with E-state index in [9.17, 15) is 0 Å². The minimum Gasteiger partial charge on any atom is -0.235 e. The zero-order valence-corrected chi connectivity index (χ0v) is 63.5. The Morgan fingerprint density at radius 1 is 0.244 bits per heavy atom. The van der Waals surface area contributed by atoms with Crippen LogP contribution in [0, 0.1) is 30.3 Å². The molecule has 5 nitrogen and oxygen atoms in total. The molecule has 0 atom stereocenters. The van der Waals surface area contributed by atoms with Crippen LogP contribution in [-0.2, 0) is 138 Å². The topological polar surface area (TPSA) is 19.4 Å². The van der Waals surface area contributed by atoms with Crippen LogP contribution < -0.4 is 22.8 Å². The molecule has 0 amide bonds. The summed E-state index contributed by atoms with van der Waals surface area (Å²) in [6.45, 7) is 4.87. The molecule has 10 heterocycles. The zero-order valence-electron chi connectivity index (χ0n) is 48.8. The fraction of sp³-hybridized carbons (Fsp3) is 0.0625. The van der Waals surface area contributed by atoms with Gasteiger partial charge in [0, 0.05) is 145 Å². The molecule has 10 aromatic carbocycles. The van der Waals surface area contributed by atoms with E-state index in [4.69, 9.17) is 0 Å². The predicted molar refractivity (Wildman–Crippen MR) is 338 cm³/mol. The molecule has 0 spiro atoms. The van der Waals surface area contributed by atoms with Gasteiger partial charge in [-0.1, -0.05) is 130 Å². The van der Waals surface area contributed by atoms with Gasteiger partial charge in [-0.3, -0.25) is 0 Å². The molecule has 20 rings (SSSR count). The van der Waals surface area contributed by atoms with Crippen LogP contribution in [0.4, 0.5) is 0 Å². The van der Waals surface area contributed by atoms with Crippen LogP contribution in [0.25, 0.3) is 110 Å². The Bertz CT molecular complexity index is 4420. The third-order valence-electron chi connectivity index (χ3n) is 17.2. The first-order chi connectivity index (χ1) is 42.1. The van der Waals surface area contributed by atoms with Crippen LogP contribution in [0.2, 0.25) is 0 Å². The summed E-state index contributed by atoms with van der Waals surface area (Å²) in [5.74, 6) is 0. The molecule has 5 aliphatic rings. The third-order valence-corrected chi connectivity index (χ3v) is 17.2. The molecular weight excluding hydrogens is 1950 g/mol. The van der Waals surface area contributed by atoms with E-state index in [1.54, 1.807) is 0 Å². The van der Waals surface area contributed by atoms with Crippen LogP contribution in [0.3, 0.4) is 0 Å². The Hall–Kier alpha value is -7.31. The minimum atomic E-state index is 0. The normalized spacial score (nSPS) is 11.8. The molecule has 5 aromatic heterocycles. The Balaban J connectivity index is 0.000000114. The smallest absolute Gasteiger partial charge is 0.210 e. The van der Waals surface area contributed by atoms with Crippen LogP contribution in [0.5, 0.6) is 0 Å². The summed E-state index contributed by atoms with van der Waals surface area (Å²) in [6, 6.07) is 101. The first kappa shape index (κ1) is 64.2. The van der Waals surface area contributed by atoms with Crippen molar-refractivity contribution in [2.24, 2.45) is 0 Å². The van der Waals surface area contributed by atoms with E-state index in [0.29, 0.717) is 0 Å². The summed E-state index contributed by atoms with van der Waals surface area (Å²) >= 11 is 0. The van der Waals surface area contributed by atoms with Gasteiger partial charge in [0.25, 0.3) is 0 Å². The molecule has 0 radical (unpaired) electrons. The SMILES string of the molecule is [W].[W].[W].[W].[W].[c-]1ccc2c[n+]3c(cc2c1)-c1ccccc1C3.[c-]1ccc2cc3[n+](cc2c1)Cc1ccccc1-3.[c-]1cccc2c1C[n+]1cc3ccccc3cc1-2.[c-]1cccc2c[n+]3c(cc12)-c1ccccc1C3.[c-]1cccc2cc3[n+](cc12)Cc1ccccc1-3. The van der Waals surface area contributed by atoms with E-state index in [1.165, 1.54) is 138 Å². The summed E-state index contributed by atoms with van der Waals surface area (Å²) in [4.78, 5) is 0. The van der Waals surface area contributed by atoms with Gasteiger partial charge in [0.1, 0.15) is 12.4 Å². The van der Waals surface area contributed by atoms with E-state index >= 15 is 0 Å². The monoisotopic (exact) mass is 2010 g/mol. The van der Waals surface area contributed by atoms with Gasteiger partial charge in [-0.2, -0.15) is 77.4 Å². The molecule has 10 heteroatoms. The van der Waals surface area contributed by atoms with Gasteiger partial charge in [-0.15, -0.1) is 64.7 Å². The van der Waals surface area contributed by atoms with Gasteiger partial charge >= 0.3 is 0 Å². The van der Waals surface area contributed by atoms with Crippen molar-refractivity contribution in [3.8, 4) is 56.3 Å². The van der Waals surface area contributed by atoms with Crippen molar-refractivity contribution in [1.29, 1.82) is 0 Å².